The van der Waals surface area contributed by atoms with E-state index in [4.69, 9.17) is 4.74 Å². The van der Waals surface area contributed by atoms with Crippen molar-refractivity contribution in [2.45, 2.75) is 9.79 Å². The van der Waals surface area contributed by atoms with Crippen molar-refractivity contribution in [3.63, 3.8) is 0 Å². The molecule has 0 amide bonds. The Balaban J connectivity index is 2.62. The minimum absolute atomic E-state index is 0.0190. The van der Waals surface area contributed by atoms with Crippen LogP contribution in [0.1, 0.15) is 10.4 Å². The smallest absolute Gasteiger partial charge is 0.207 e. The molecule has 4 nitrogen and oxygen atoms in total. The summed E-state index contributed by atoms with van der Waals surface area (Å²) < 4.78 is 29.8. The number of carbonyl (C=O) groups is 1. The van der Waals surface area contributed by atoms with Crippen molar-refractivity contribution in [2.24, 2.45) is 0 Å². The number of ether oxygens (including phenoxy) is 1. The number of methoxy groups -OCH3 is 1. The third-order valence-corrected chi connectivity index (χ3v) is 4.53. The minimum atomic E-state index is -3.69. The zero-order valence-corrected chi connectivity index (χ0v) is 11.1. The first-order valence-corrected chi connectivity index (χ1v) is 7.01. The summed E-state index contributed by atoms with van der Waals surface area (Å²) in [5.74, 6) is 0.439. The Kier molecular flexibility index (Phi) is 3.66. The highest BCUT2D eigenvalue weighted by molar-refractivity contribution is 7.91. The van der Waals surface area contributed by atoms with Gasteiger partial charge in [-0.1, -0.05) is 18.2 Å². The number of carbonyl (C=O) groups excluding carboxylic acids is 1. The maximum atomic E-state index is 12.4. The fourth-order valence-electron chi connectivity index (χ4n) is 1.72. The van der Waals surface area contributed by atoms with E-state index in [0.717, 1.165) is 0 Å². The second-order valence-electron chi connectivity index (χ2n) is 3.84. The molecule has 0 N–H and O–H groups in total. The van der Waals surface area contributed by atoms with Gasteiger partial charge in [-0.25, -0.2) is 8.42 Å². The second kappa shape index (κ2) is 5.24. The van der Waals surface area contributed by atoms with Crippen LogP contribution in [-0.2, 0) is 9.84 Å². The van der Waals surface area contributed by atoms with Crippen LogP contribution in [0, 0.1) is 0 Å². The lowest BCUT2D eigenvalue weighted by Gasteiger charge is -2.08. The van der Waals surface area contributed by atoms with Gasteiger partial charge < -0.3 is 4.74 Å². The van der Waals surface area contributed by atoms with E-state index in [1.165, 1.54) is 37.4 Å². The largest absolute Gasteiger partial charge is 0.497 e. The van der Waals surface area contributed by atoms with E-state index < -0.39 is 9.84 Å². The summed E-state index contributed by atoms with van der Waals surface area (Å²) in [6, 6.07) is 12.3. The topological polar surface area (TPSA) is 60.4 Å². The van der Waals surface area contributed by atoms with Gasteiger partial charge in [-0.2, -0.15) is 0 Å². The molecule has 0 aliphatic rings. The zero-order chi connectivity index (χ0) is 13.9. The van der Waals surface area contributed by atoms with Gasteiger partial charge in [0, 0.05) is 5.56 Å². The molecule has 2 rings (SSSR count). The summed E-state index contributed by atoms with van der Waals surface area (Å²) in [6.07, 6.45) is 0.512. The Labute approximate surface area is 111 Å². The molecule has 2 aromatic rings. The standard InChI is InChI=1S/C14H12O4S/c1-18-12-7-8-14(11(9-12)10-15)19(16,17)13-5-3-2-4-6-13/h2-10H,1H3. The highest BCUT2D eigenvalue weighted by Gasteiger charge is 2.21. The molecule has 98 valence electrons. The third-order valence-electron chi connectivity index (χ3n) is 2.69. The van der Waals surface area contributed by atoms with Crippen LogP contribution in [0.15, 0.2) is 58.3 Å². The first kappa shape index (κ1) is 13.3. The summed E-state index contributed by atoms with van der Waals surface area (Å²) in [6.45, 7) is 0. The Bertz CT molecular complexity index is 691. The number of sulfone groups is 1. The fourth-order valence-corrected chi connectivity index (χ4v) is 3.15. The molecular formula is C14H12O4S. The summed E-state index contributed by atoms with van der Waals surface area (Å²) in [5, 5.41) is 0. The van der Waals surface area contributed by atoms with Crippen LogP contribution in [0.4, 0.5) is 0 Å². The molecule has 5 heteroatoms. The molecule has 2 aromatic carbocycles. The zero-order valence-electron chi connectivity index (χ0n) is 10.2. The van der Waals surface area contributed by atoms with Gasteiger partial charge in [-0.05, 0) is 30.3 Å². The maximum absolute atomic E-state index is 12.4. The van der Waals surface area contributed by atoms with E-state index in [1.807, 2.05) is 0 Å². The van der Waals surface area contributed by atoms with Crippen molar-refractivity contribution in [1.29, 1.82) is 0 Å². The maximum Gasteiger partial charge on any atom is 0.207 e. The van der Waals surface area contributed by atoms with E-state index in [1.54, 1.807) is 18.2 Å². The third kappa shape index (κ3) is 2.51. The first-order valence-electron chi connectivity index (χ1n) is 5.53. The van der Waals surface area contributed by atoms with Gasteiger partial charge in [0.25, 0.3) is 0 Å². The second-order valence-corrected chi connectivity index (χ2v) is 5.76. The Hall–Kier alpha value is -2.14. The van der Waals surface area contributed by atoms with Gasteiger partial charge in [-0.15, -0.1) is 0 Å². The van der Waals surface area contributed by atoms with E-state index in [9.17, 15) is 13.2 Å². The van der Waals surface area contributed by atoms with Gasteiger partial charge in [0.1, 0.15) is 5.75 Å². The highest BCUT2D eigenvalue weighted by atomic mass is 32.2. The quantitative estimate of drug-likeness (QED) is 0.804. The normalized spacial score (nSPS) is 11.0. The monoisotopic (exact) mass is 276 g/mol. The predicted molar refractivity (Wildman–Crippen MR) is 70.3 cm³/mol. The molecule has 0 unspecified atom stereocenters. The number of benzene rings is 2. The van der Waals surface area contributed by atoms with Crippen molar-refractivity contribution in [2.75, 3.05) is 7.11 Å². The van der Waals surface area contributed by atoms with Crippen LogP contribution >= 0.6 is 0 Å². The molecule has 0 atom stereocenters. The van der Waals surface area contributed by atoms with E-state index >= 15 is 0 Å². The average Bonchev–Trinajstić information content (AvgIpc) is 2.47. The minimum Gasteiger partial charge on any atom is -0.497 e. The van der Waals surface area contributed by atoms with E-state index in [0.29, 0.717) is 12.0 Å². The summed E-state index contributed by atoms with van der Waals surface area (Å²) in [7, 11) is -2.24. The molecular weight excluding hydrogens is 264 g/mol. The SMILES string of the molecule is COc1ccc(S(=O)(=O)c2ccccc2)c(C=O)c1. The van der Waals surface area contributed by atoms with Crippen molar-refractivity contribution in [3.05, 3.63) is 54.1 Å². The number of hydrogen-bond donors (Lipinski definition) is 0. The van der Waals surface area contributed by atoms with Crippen LogP contribution in [0.5, 0.6) is 5.75 Å². The van der Waals surface area contributed by atoms with Crippen LogP contribution in [0.2, 0.25) is 0 Å². The summed E-state index contributed by atoms with van der Waals surface area (Å²) in [5.41, 5.74) is 0.0863. The molecule has 19 heavy (non-hydrogen) atoms. The number of hydrogen-bond acceptors (Lipinski definition) is 4. The average molecular weight is 276 g/mol. The van der Waals surface area contributed by atoms with E-state index in [2.05, 4.69) is 0 Å². The highest BCUT2D eigenvalue weighted by Crippen LogP contribution is 2.26. The molecule has 0 spiro atoms. The van der Waals surface area contributed by atoms with Gasteiger partial charge in [0.05, 0.1) is 16.9 Å². The van der Waals surface area contributed by atoms with Crippen LogP contribution in [0.25, 0.3) is 0 Å². The molecule has 0 heterocycles. The Morgan fingerprint density at radius 3 is 2.32 bits per heavy atom. The van der Waals surface area contributed by atoms with Gasteiger partial charge in [0.2, 0.25) is 9.84 Å². The fraction of sp³-hybridized carbons (Fsp3) is 0.0714. The van der Waals surface area contributed by atoms with Crippen molar-refractivity contribution in [3.8, 4) is 5.75 Å². The lowest BCUT2D eigenvalue weighted by atomic mass is 10.2. The molecule has 0 aliphatic carbocycles. The first-order chi connectivity index (χ1) is 9.09. The van der Waals surface area contributed by atoms with Crippen molar-refractivity contribution < 1.29 is 17.9 Å². The molecule has 0 aliphatic heterocycles. The van der Waals surface area contributed by atoms with Crippen LogP contribution in [0.3, 0.4) is 0 Å². The van der Waals surface area contributed by atoms with Crippen LogP contribution < -0.4 is 4.74 Å². The molecule has 0 bridgehead atoms. The number of rotatable bonds is 4. The Morgan fingerprint density at radius 1 is 1.05 bits per heavy atom. The molecule has 0 saturated carbocycles. The number of aldehydes is 1. The van der Waals surface area contributed by atoms with Crippen molar-refractivity contribution in [1.82, 2.24) is 0 Å². The van der Waals surface area contributed by atoms with Gasteiger partial charge in [-0.3, -0.25) is 4.79 Å². The van der Waals surface area contributed by atoms with Gasteiger partial charge in [0.15, 0.2) is 6.29 Å². The summed E-state index contributed by atoms with van der Waals surface area (Å²) >= 11 is 0. The summed E-state index contributed by atoms with van der Waals surface area (Å²) in [4.78, 5) is 11.2. The molecule has 0 saturated heterocycles. The molecule has 0 fully saturated rings. The lowest BCUT2D eigenvalue weighted by molar-refractivity contribution is 0.112. The van der Waals surface area contributed by atoms with Gasteiger partial charge >= 0.3 is 0 Å². The Morgan fingerprint density at radius 2 is 1.74 bits per heavy atom. The van der Waals surface area contributed by atoms with E-state index in [-0.39, 0.29) is 15.4 Å². The predicted octanol–water partition coefficient (Wildman–Crippen LogP) is 2.34. The molecule has 0 aromatic heterocycles. The van der Waals surface area contributed by atoms with Crippen LogP contribution in [-0.4, -0.2) is 21.8 Å². The van der Waals surface area contributed by atoms with Crippen molar-refractivity contribution >= 4 is 16.1 Å². The molecule has 0 radical (unpaired) electrons. The lowest BCUT2D eigenvalue weighted by Crippen LogP contribution is -2.05.